The number of alkyl carbamates (subject to hydrolysis) is 1. The Bertz CT molecular complexity index is 1270. The number of ether oxygens (including phenoxy) is 3. The Morgan fingerprint density at radius 3 is 2.66 bits per heavy atom. The van der Waals surface area contributed by atoms with Crippen molar-refractivity contribution in [1.29, 1.82) is 0 Å². The Kier molecular flexibility index (Phi) is 8.88. The number of unbranched alkanes of at least 4 members (excludes halogenated alkanes) is 2. The molecule has 0 saturated heterocycles. The van der Waals surface area contributed by atoms with E-state index in [2.05, 4.69) is 43.1 Å². The minimum Gasteiger partial charge on any atom is -0.495 e. The number of hydrogen-bond donors (Lipinski definition) is 1. The van der Waals surface area contributed by atoms with Crippen molar-refractivity contribution in [3.63, 3.8) is 0 Å². The van der Waals surface area contributed by atoms with E-state index < -0.39 is 11.7 Å². The van der Waals surface area contributed by atoms with Gasteiger partial charge in [-0.15, -0.1) is 0 Å². The average molecular weight is 544 g/mol. The molecular formula is C26H27BrFN3O4. The van der Waals surface area contributed by atoms with E-state index in [0.717, 1.165) is 12.8 Å². The zero-order valence-corrected chi connectivity index (χ0v) is 21.7. The predicted molar refractivity (Wildman–Crippen MR) is 135 cm³/mol. The van der Waals surface area contributed by atoms with Crippen LogP contribution in [0.2, 0.25) is 0 Å². The first kappa shape index (κ1) is 26.2. The molecule has 0 fully saturated rings. The number of aromatic nitrogens is 2. The Hall–Kier alpha value is -3.38. The standard InChI is InChI=1S/C26H27BrFN3O4/c1-26(2,3)35-25(32)29-12-8-6-5-7-9-17-13-21-19(15-23(17)33-4)24(31-16-30-21)34-22-11-10-18(28)14-20(22)27/h10-11,13-16H,5-6,8,12H2,1-4H3,(H,29,32). The van der Waals surface area contributed by atoms with Crippen LogP contribution in [0.4, 0.5) is 9.18 Å². The number of fused-ring (bicyclic) bond motifs is 1. The second-order valence-electron chi connectivity index (χ2n) is 8.61. The van der Waals surface area contributed by atoms with Crippen LogP contribution in [0.1, 0.15) is 45.6 Å². The van der Waals surface area contributed by atoms with Gasteiger partial charge in [-0.1, -0.05) is 11.8 Å². The van der Waals surface area contributed by atoms with E-state index in [1.165, 1.54) is 24.5 Å². The van der Waals surface area contributed by atoms with E-state index in [0.29, 0.717) is 51.3 Å². The molecule has 1 amide bonds. The maximum absolute atomic E-state index is 13.4. The molecule has 0 atom stereocenters. The van der Waals surface area contributed by atoms with Crippen LogP contribution in [0.3, 0.4) is 0 Å². The first-order chi connectivity index (χ1) is 16.7. The molecule has 1 aromatic heterocycles. The van der Waals surface area contributed by atoms with Gasteiger partial charge in [0, 0.05) is 13.0 Å². The molecule has 0 saturated carbocycles. The first-order valence-electron chi connectivity index (χ1n) is 11.1. The topological polar surface area (TPSA) is 82.6 Å². The van der Waals surface area contributed by atoms with Crippen LogP contribution in [-0.4, -0.2) is 35.3 Å². The number of nitrogens with one attached hydrogen (secondary N) is 1. The fourth-order valence-corrected chi connectivity index (χ4v) is 3.50. The zero-order chi connectivity index (χ0) is 25.4. The van der Waals surface area contributed by atoms with Gasteiger partial charge in [0.1, 0.15) is 29.2 Å². The van der Waals surface area contributed by atoms with E-state index in [4.69, 9.17) is 14.2 Å². The van der Waals surface area contributed by atoms with Crippen molar-refractivity contribution in [1.82, 2.24) is 15.3 Å². The summed E-state index contributed by atoms with van der Waals surface area (Å²) in [5.74, 6) is 7.21. The Morgan fingerprint density at radius 1 is 1.14 bits per heavy atom. The molecule has 1 N–H and O–H groups in total. The van der Waals surface area contributed by atoms with Gasteiger partial charge < -0.3 is 19.5 Å². The van der Waals surface area contributed by atoms with E-state index in [1.54, 1.807) is 13.2 Å². The SMILES string of the molecule is COc1cc2c(Oc3ccc(F)cc3Br)ncnc2cc1C#CCCCCNC(=O)OC(C)(C)C. The lowest BCUT2D eigenvalue weighted by Crippen LogP contribution is -2.32. The Labute approximate surface area is 212 Å². The molecule has 2 aromatic carbocycles. The number of hydrogen-bond acceptors (Lipinski definition) is 6. The molecule has 0 aliphatic carbocycles. The summed E-state index contributed by atoms with van der Waals surface area (Å²) in [7, 11) is 1.57. The van der Waals surface area contributed by atoms with E-state index in [1.807, 2.05) is 26.8 Å². The molecule has 0 radical (unpaired) electrons. The molecule has 0 spiro atoms. The van der Waals surface area contributed by atoms with Crippen LogP contribution in [0.25, 0.3) is 10.9 Å². The van der Waals surface area contributed by atoms with Gasteiger partial charge in [0.25, 0.3) is 0 Å². The van der Waals surface area contributed by atoms with Crippen molar-refractivity contribution >= 4 is 32.9 Å². The number of methoxy groups -OCH3 is 1. The molecule has 1 heterocycles. The van der Waals surface area contributed by atoms with Gasteiger partial charge in [0.05, 0.1) is 28.0 Å². The fourth-order valence-electron chi connectivity index (χ4n) is 3.07. The van der Waals surface area contributed by atoms with Crippen LogP contribution in [0.5, 0.6) is 17.4 Å². The molecule has 9 heteroatoms. The summed E-state index contributed by atoms with van der Waals surface area (Å²) in [6.45, 7) is 6.01. The van der Waals surface area contributed by atoms with Crippen molar-refractivity contribution in [3.05, 3.63) is 52.5 Å². The van der Waals surface area contributed by atoms with Gasteiger partial charge in [-0.3, -0.25) is 0 Å². The monoisotopic (exact) mass is 543 g/mol. The molecule has 3 rings (SSSR count). The van der Waals surface area contributed by atoms with Crippen LogP contribution in [-0.2, 0) is 4.74 Å². The Balaban J connectivity index is 1.65. The highest BCUT2D eigenvalue weighted by atomic mass is 79.9. The van der Waals surface area contributed by atoms with Gasteiger partial charge in [-0.05, 0) is 79.9 Å². The van der Waals surface area contributed by atoms with Crippen molar-refractivity contribution in [2.75, 3.05) is 13.7 Å². The van der Waals surface area contributed by atoms with Gasteiger partial charge in [0.2, 0.25) is 5.88 Å². The molecule has 0 unspecified atom stereocenters. The lowest BCUT2D eigenvalue weighted by molar-refractivity contribution is 0.0527. The largest absolute Gasteiger partial charge is 0.495 e. The zero-order valence-electron chi connectivity index (χ0n) is 20.1. The minimum atomic E-state index is -0.510. The number of halogens is 2. The number of rotatable bonds is 7. The smallest absolute Gasteiger partial charge is 0.407 e. The average Bonchev–Trinajstić information content (AvgIpc) is 2.78. The summed E-state index contributed by atoms with van der Waals surface area (Å²) in [4.78, 5) is 20.2. The molecule has 7 nitrogen and oxygen atoms in total. The fraction of sp³-hybridized carbons (Fsp3) is 0.346. The van der Waals surface area contributed by atoms with Crippen molar-refractivity contribution in [2.24, 2.45) is 0 Å². The quantitative estimate of drug-likeness (QED) is 0.275. The molecular weight excluding hydrogens is 517 g/mol. The number of carbonyl (C=O) groups is 1. The first-order valence-corrected chi connectivity index (χ1v) is 11.9. The number of benzene rings is 2. The molecule has 0 aliphatic rings. The van der Waals surface area contributed by atoms with Crippen LogP contribution in [0, 0.1) is 17.7 Å². The summed E-state index contributed by atoms with van der Waals surface area (Å²) in [5.41, 5.74) is 0.823. The summed E-state index contributed by atoms with van der Waals surface area (Å²) < 4.78 is 30.5. The number of amides is 1. The number of nitrogens with zero attached hydrogens (tertiary/aromatic N) is 2. The molecule has 0 aliphatic heterocycles. The van der Waals surface area contributed by atoms with Crippen LogP contribution in [0.15, 0.2) is 41.1 Å². The van der Waals surface area contributed by atoms with E-state index in [9.17, 15) is 9.18 Å². The normalized spacial score (nSPS) is 10.9. The maximum Gasteiger partial charge on any atom is 0.407 e. The lowest BCUT2D eigenvalue weighted by Gasteiger charge is -2.19. The predicted octanol–water partition coefficient (Wildman–Crippen LogP) is 6.38. The van der Waals surface area contributed by atoms with Crippen molar-refractivity contribution in [3.8, 4) is 29.2 Å². The second-order valence-corrected chi connectivity index (χ2v) is 9.47. The summed E-state index contributed by atoms with van der Waals surface area (Å²) in [6.07, 6.45) is 3.26. The second kappa shape index (κ2) is 11.8. The van der Waals surface area contributed by atoms with Crippen molar-refractivity contribution < 1.29 is 23.4 Å². The van der Waals surface area contributed by atoms with E-state index >= 15 is 0 Å². The summed E-state index contributed by atoms with van der Waals surface area (Å²) >= 11 is 3.30. The van der Waals surface area contributed by atoms with E-state index in [-0.39, 0.29) is 5.82 Å². The summed E-state index contributed by atoms with van der Waals surface area (Å²) in [5, 5.41) is 3.38. The maximum atomic E-state index is 13.4. The highest BCUT2D eigenvalue weighted by Crippen LogP contribution is 2.34. The minimum absolute atomic E-state index is 0.317. The highest BCUT2D eigenvalue weighted by Gasteiger charge is 2.15. The third-order valence-electron chi connectivity index (χ3n) is 4.64. The third-order valence-corrected chi connectivity index (χ3v) is 5.26. The van der Waals surface area contributed by atoms with Crippen LogP contribution < -0.4 is 14.8 Å². The Morgan fingerprint density at radius 2 is 1.94 bits per heavy atom. The highest BCUT2D eigenvalue weighted by molar-refractivity contribution is 9.10. The molecule has 35 heavy (non-hydrogen) atoms. The van der Waals surface area contributed by atoms with Crippen molar-refractivity contribution in [2.45, 2.75) is 45.6 Å². The third kappa shape index (κ3) is 7.82. The molecule has 0 bridgehead atoms. The number of carbonyl (C=O) groups excluding carboxylic acids is 1. The van der Waals surface area contributed by atoms with Crippen LogP contribution >= 0.6 is 15.9 Å². The molecule has 184 valence electrons. The van der Waals surface area contributed by atoms with Gasteiger partial charge in [-0.2, -0.15) is 0 Å². The molecule has 3 aromatic rings. The van der Waals surface area contributed by atoms with Gasteiger partial charge in [-0.25, -0.2) is 19.2 Å². The van der Waals surface area contributed by atoms with Gasteiger partial charge >= 0.3 is 6.09 Å². The van der Waals surface area contributed by atoms with Gasteiger partial charge in [0.15, 0.2) is 0 Å². The lowest BCUT2D eigenvalue weighted by atomic mass is 10.1. The summed E-state index contributed by atoms with van der Waals surface area (Å²) in [6, 6.07) is 7.75.